The summed E-state index contributed by atoms with van der Waals surface area (Å²) in [5.74, 6) is 0.284. The molecule has 1 aromatic heterocycles. The molecule has 0 aliphatic heterocycles. The first-order valence-corrected chi connectivity index (χ1v) is 10.9. The largest absolute Gasteiger partial charge is 0.433 e. The molecule has 0 aromatic carbocycles. The summed E-state index contributed by atoms with van der Waals surface area (Å²) < 4.78 is 42.6. The number of aliphatic hydroxyl groups is 1. The molecular weight excluding hydrogens is 383 g/mol. The molecule has 0 radical (unpaired) electrons. The molecule has 5 nitrogen and oxygen atoms in total. The topological polar surface area (TPSA) is 67.2 Å². The number of alkyl halides is 3. The number of amides is 1. The second-order valence-corrected chi connectivity index (χ2v) is 9.81. The lowest BCUT2D eigenvalue weighted by Crippen LogP contribution is -2.42. The number of nitrogens with one attached hydrogen (secondary N) is 1. The first kappa shape index (κ1) is 19.4. The molecule has 8 heteroatoms. The molecule has 160 valence electrons. The van der Waals surface area contributed by atoms with Crippen molar-refractivity contribution in [3.8, 4) is 0 Å². The number of carbonyl (C=O) groups excluding carboxylic acids is 1. The Morgan fingerprint density at radius 3 is 2.66 bits per heavy atom. The molecular formula is C21H28F3N3O2. The Morgan fingerprint density at radius 1 is 1.17 bits per heavy atom. The molecule has 4 fully saturated rings. The Labute approximate surface area is 168 Å². The molecule has 0 saturated heterocycles. The predicted molar refractivity (Wildman–Crippen MR) is 99.1 cm³/mol. The molecule has 1 aromatic rings. The average molecular weight is 411 g/mol. The fourth-order valence-electron chi connectivity index (χ4n) is 6.78. The molecule has 4 aliphatic rings. The summed E-state index contributed by atoms with van der Waals surface area (Å²) in [7, 11) is 0. The van der Waals surface area contributed by atoms with Gasteiger partial charge in [-0.3, -0.25) is 9.48 Å². The summed E-state index contributed by atoms with van der Waals surface area (Å²) >= 11 is 0. The number of aromatic nitrogens is 2. The number of hydrogen-bond acceptors (Lipinski definition) is 3. The minimum absolute atomic E-state index is 0.149. The predicted octanol–water partition coefficient (Wildman–Crippen LogP) is 4.08. The summed E-state index contributed by atoms with van der Waals surface area (Å²) in [6.07, 6.45) is 4.54. The zero-order valence-electron chi connectivity index (χ0n) is 16.4. The van der Waals surface area contributed by atoms with Gasteiger partial charge in [-0.15, -0.1) is 0 Å². The molecule has 0 spiro atoms. The van der Waals surface area contributed by atoms with Gasteiger partial charge in [0.1, 0.15) is 0 Å². The van der Waals surface area contributed by atoms with E-state index in [0.717, 1.165) is 55.8 Å². The molecule has 5 rings (SSSR count). The van der Waals surface area contributed by atoms with Crippen LogP contribution in [0.25, 0.3) is 0 Å². The van der Waals surface area contributed by atoms with Crippen molar-refractivity contribution in [2.45, 2.75) is 88.1 Å². The van der Waals surface area contributed by atoms with Crippen molar-refractivity contribution >= 4 is 5.91 Å². The lowest BCUT2D eigenvalue weighted by molar-refractivity contribution is -0.145. The van der Waals surface area contributed by atoms with Gasteiger partial charge >= 0.3 is 6.18 Å². The normalized spacial score (nSPS) is 37.1. The number of hydrogen-bond donors (Lipinski definition) is 2. The van der Waals surface area contributed by atoms with Crippen molar-refractivity contribution < 1.29 is 23.1 Å². The van der Waals surface area contributed by atoms with Crippen LogP contribution in [0.5, 0.6) is 0 Å². The molecule has 3 unspecified atom stereocenters. The number of halogens is 3. The fourth-order valence-corrected chi connectivity index (χ4v) is 6.78. The Hall–Kier alpha value is -1.57. The Balaban J connectivity index is 1.40. The van der Waals surface area contributed by atoms with E-state index < -0.39 is 23.4 Å². The van der Waals surface area contributed by atoms with Gasteiger partial charge < -0.3 is 10.4 Å². The number of nitrogens with zero attached hydrogens (tertiary/aromatic N) is 2. The van der Waals surface area contributed by atoms with E-state index in [1.807, 2.05) is 0 Å². The first-order valence-electron chi connectivity index (χ1n) is 10.9. The third-order valence-electron chi connectivity index (χ3n) is 7.87. The van der Waals surface area contributed by atoms with Crippen LogP contribution in [0.4, 0.5) is 13.2 Å². The van der Waals surface area contributed by atoms with Gasteiger partial charge in [0.2, 0.25) is 0 Å². The van der Waals surface area contributed by atoms with Gasteiger partial charge in [0.15, 0.2) is 5.69 Å². The molecule has 2 N–H and O–H groups in total. The van der Waals surface area contributed by atoms with E-state index in [1.165, 1.54) is 0 Å². The van der Waals surface area contributed by atoms with Crippen molar-refractivity contribution in [2.75, 3.05) is 0 Å². The van der Waals surface area contributed by atoms with E-state index in [0.29, 0.717) is 31.1 Å². The van der Waals surface area contributed by atoms with Gasteiger partial charge in [0.05, 0.1) is 23.4 Å². The zero-order chi connectivity index (χ0) is 20.4. The second kappa shape index (κ2) is 6.72. The van der Waals surface area contributed by atoms with Gasteiger partial charge in [0.25, 0.3) is 5.91 Å². The van der Waals surface area contributed by atoms with E-state index in [2.05, 4.69) is 10.4 Å². The Kier molecular flexibility index (Phi) is 4.50. The standard InChI is InChI=1S/C21H28F3N3O2/c22-21(23,24)18-16(11-25-27(18)14-3-1-2-4-14)19(28)26-17-6-5-12-7-13-9-20(29,8-12)10-15(13)17/h11-15,17,29H,1-10H2,(H,26,28)/t12?,13?,15?,17-,20-/m0/s1. The van der Waals surface area contributed by atoms with Crippen LogP contribution in [-0.4, -0.2) is 32.4 Å². The quantitative estimate of drug-likeness (QED) is 0.788. The zero-order valence-corrected chi connectivity index (χ0v) is 16.4. The highest BCUT2D eigenvalue weighted by Gasteiger charge is 2.54. The van der Waals surface area contributed by atoms with E-state index >= 15 is 0 Å². The van der Waals surface area contributed by atoms with Crippen molar-refractivity contribution in [3.05, 3.63) is 17.5 Å². The SMILES string of the molecule is O=C(N[C@H]1CCC2CC3C[C@@](O)(C2)CC31)c1cnn(C2CCCC2)c1C(F)(F)F. The van der Waals surface area contributed by atoms with Crippen LogP contribution in [-0.2, 0) is 6.18 Å². The average Bonchev–Trinajstić information content (AvgIpc) is 3.33. The molecule has 1 amide bonds. The molecule has 1 heterocycles. The van der Waals surface area contributed by atoms with Crippen LogP contribution >= 0.6 is 0 Å². The molecule has 4 aliphatic carbocycles. The number of rotatable bonds is 3. The van der Waals surface area contributed by atoms with Crippen LogP contribution in [0.15, 0.2) is 6.20 Å². The van der Waals surface area contributed by atoms with Crippen molar-refractivity contribution in [1.82, 2.24) is 15.1 Å². The number of fused-ring (bicyclic) bond motifs is 2. The maximum Gasteiger partial charge on any atom is 0.433 e. The van der Waals surface area contributed by atoms with Gasteiger partial charge in [0, 0.05) is 6.04 Å². The van der Waals surface area contributed by atoms with Crippen LogP contribution < -0.4 is 5.32 Å². The van der Waals surface area contributed by atoms with Gasteiger partial charge in [-0.1, -0.05) is 12.8 Å². The van der Waals surface area contributed by atoms with Gasteiger partial charge in [-0.2, -0.15) is 18.3 Å². The van der Waals surface area contributed by atoms with Gasteiger partial charge in [-0.25, -0.2) is 0 Å². The van der Waals surface area contributed by atoms with Crippen molar-refractivity contribution in [2.24, 2.45) is 17.8 Å². The van der Waals surface area contributed by atoms with Crippen LogP contribution in [0.3, 0.4) is 0 Å². The smallest absolute Gasteiger partial charge is 0.390 e. The molecule has 3 bridgehead atoms. The summed E-state index contributed by atoms with van der Waals surface area (Å²) in [6, 6.07) is -0.464. The minimum atomic E-state index is -4.62. The summed E-state index contributed by atoms with van der Waals surface area (Å²) in [6.45, 7) is 0. The summed E-state index contributed by atoms with van der Waals surface area (Å²) in [4.78, 5) is 13.0. The molecule has 29 heavy (non-hydrogen) atoms. The molecule has 5 atom stereocenters. The summed E-state index contributed by atoms with van der Waals surface area (Å²) in [5.41, 5.74) is -1.93. The lowest BCUT2D eigenvalue weighted by Gasteiger charge is -2.33. The van der Waals surface area contributed by atoms with Gasteiger partial charge in [-0.05, 0) is 69.1 Å². The second-order valence-electron chi connectivity index (χ2n) is 9.81. The Morgan fingerprint density at radius 2 is 1.93 bits per heavy atom. The van der Waals surface area contributed by atoms with Crippen LogP contribution in [0, 0.1) is 17.8 Å². The highest BCUT2D eigenvalue weighted by Crippen LogP contribution is 2.55. The maximum absolute atomic E-state index is 13.8. The highest BCUT2D eigenvalue weighted by atomic mass is 19.4. The monoisotopic (exact) mass is 411 g/mol. The Bertz CT molecular complexity index is 802. The third-order valence-corrected chi connectivity index (χ3v) is 7.87. The van der Waals surface area contributed by atoms with Crippen LogP contribution in [0.1, 0.15) is 86.3 Å². The van der Waals surface area contributed by atoms with Crippen molar-refractivity contribution in [3.63, 3.8) is 0 Å². The summed E-state index contributed by atoms with van der Waals surface area (Å²) in [5, 5.41) is 17.7. The van der Waals surface area contributed by atoms with E-state index in [-0.39, 0.29) is 23.6 Å². The van der Waals surface area contributed by atoms with Crippen LogP contribution in [0.2, 0.25) is 0 Å². The van der Waals surface area contributed by atoms with Crippen molar-refractivity contribution in [1.29, 1.82) is 0 Å². The first-order chi connectivity index (χ1) is 13.7. The van der Waals surface area contributed by atoms with E-state index in [4.69, 9.17) is 0 Å². The third kappa shape index (κ3) is 3.37. The number of carbonyl (C=O) groups is 1. The highest BCUT2D eigenvalue weighted by molar-refractivity contribution is 5.95. The van der Waals surface area contributed by atoms with E-state index in [1.54, 1.807) is 0 Å². The maximum atomic E-state index is 13.8. The lowest BCUT2D eigenvalue weighted by atomic mass is 9.77. The van der Waals surface area contributed by atoms with E-state index in [9.17, 15) is 23.1 Å². The minimum Gasteiger partial charge on any atom is -0.390 e. The molecule has 4 saturated carbocycles. The fraction of sp³-hybridized carbons (Fsp3) is 0.810.